The number of rotatable bonds is 6. The summed E-state index contributed by atoms with van der Waals surface area (Å²) in [5.41, 5.74) is 0.0441. The van der Waals surface area contributed by atoms with Gasteiger partial charge in [-0.1, -0.05) is 0 Å². The molecule has 2 heterocycles. The van der Waals surface area contributed by atoms with Gasteiger partial charge in [-0.3, -0.25) is 4.99 Å². The molecular weight excluding hydrogens is 419 g/mol. The first kappa shape index (κ1) is 21.9. The van der Waals surface area contributed by atoms with Crippen molar-refractivity contribution in [3.8, 4) is 0 Å². The highest BCUT2D eigenvalue weighted by atomic mass is 127. The molecule has 0 saturated carbocycles. The summed E-state index contributed by atoms with van der Waals surface area (Å²) in [4.78, 5) is 7.17. The lowest BCUT2D eigenvalue weighted by Gasteiger charge is -2.41. The predicted octanol–water partition coefficient (Wildman–Crippen LogP) is 1.84. The van der Waals surface area contributed by atoms with Gasteiger partial charge in [-0.2, -0.15) is 0 Å². The Morgan fingerprint density at radius 2 is 1.83 bits per heavy atom. The van der Waals surface area contributed by atoms with Crippen LogP contribution in [0.2, 0.25) is 0 Å². The molecule has 2 saturated heterocycles. The standard InChI is InChI=1S/C17H34N4O2.HI/c1-5-18-15(19-13-16(2)7-6-10-23-16)20-14-17(21(3)4)8-11-22-12-9-17;/h5-14H2,1-4H3,(H2,18,19,20);1H. The third-order valence-electron chi connectivity index (χ3n) is 5.18. The first-order valence-corrected chi connectivity index (χ1v) is 8.91. The van der Waals surface area contributed by atoms with Gasteiger partial charge in [-0.05, 0) is 53.6 Å². The van der Waals surface area contributed by atoms with Crippen LogP contribution in [0.4, 0.5) is 0 Å². The van der Waals surface area contributed by atoms with E-state index in [1.807, 2.05) is 0 Å². The van der Waals surface area contributed by atoms with Crippen LogP contribution >= 0.6 is 24.0 Å². The molecule has 1 atom stereocenters. The van der Waals surface area contributed by atoms with E-state index >= 15 is 0 Å². The largest absolute Gasteiger partial charge is 0.381 e. The van der Waals surface area contributed by atoms with Gasteiger partial charge in [0, 0.05) is 38.4 Å². The molecule has 1 unspecified atom stereocenters. The van der Waals surface area contributed by atoms with Crippen LogP contribution in [0.3, 0.4) is 0 Å². The summed E-state index contributed by atoms with van der Waals surface area (Å²) < 4.78 is 11.4. The van der Waals surface area contributed by atoms with Crippen LogP contribution in [0.5, 0.6) is 0 Å². The molecule has 2 N–H and O–H groups in total. The summed E-state index contributed by atoms with van der Waals surface area (Å²) in [5, 5.41) is 6.82. The minimum absolute atomic E-state index is 0. The highest BCUT2D eigenvalue weighted by Gasteiger charge is 2.35. The molecule has 0 amide bonds. The first-order chi connectivity index (χ1) is 11.0. The molecular formula is C17H35IN4O2. The quantitative estimate of drug-likeness (QED) is 0.365. The Labute approximate surface area is 164 Å². The summed E-state index contributed by atoms with van der Waals surface area (Å²) in [7, 11) is 4.29. The fraction of sp³-hybridized carbons (Fsp3) is 0.941. The van der Waals surface area contributed by atoms with E-state index in [1.54, 1.807) is 0 Å². The number of guanidine groups is 1. The number of nitrogens with zero attached hydrogens (tertiary/aromatic N) is 2. The van der Waals surface area contributed by atoms with E-state index in [4.69, 9.17) is 14.5 Å². The second-order valence-corrected chi connectivity index (χ2v) is 7.18. The Hall–Kier alpha value is -0.120. The molecule has 0 spiro atoms. The van der Waals surface area contributed by atoms with Crippen LogP contribution in [0, 0.1) is 0 Å². The molecule has 6 nitrogen and oxygen atoms in total. The van der Waals surface area contributed by atoms with Crippen molar-refractivity contribution >= 4 is 29.9 Å². The van der Waals surface area contributed by atoms with Crippen molar-refractivity contribution in [1.29, 1.82) is 0 Å². The molecule has 2 aliphatic rings. The number of hydrogen-bond donors (Lipinski definition) is 2. The van der Waals surface area contributed by atoms with Crippen LogP contribution in [0.25, 0.3) is 0 Å². The Morgan fingerprint density at radius 1 is 1.12 bits per heavy atom. The second kappa shape index (κ2) is 10.1. The van der Waals surface area contributed by atoms with E-state index < -0.39 is 0 Å². The lowest BCUT2D eigenvalue weighted by molar-refractivity contribution is -0.00259. The van der Waals surface area contributed by atoms with E-state index in [-0.39, 0.29) is 35.1 Å². The van der Waals surface area contributed by atoms with E-state index in [9.17, 15) is 0 Å². The molecule has 0 bridgehead atoms. The van der Waals surface area contributed by atoms with Crippen molar-refractivity contribution in [2.24, 2.45) is 4.99 Å². The third-order valence-corrected chi connectivity index (χ3v) is 5.18. The molecule has 2 rings (SSSR count). The summed E-state index contributed by atoms with van der Waals surface area (Å²) in [6.07, 6.45) is 4.32. The Balaban J connectivity index is 0.00000288. The van der Waals surface area contributed by atoms with E-state index in [2.05, 4.69) is 43.5 Å². The van der Waals surface area contributed by atoms with Crippen LogP contribution in [-0.4, -0.2) is 75.5 Å². The molecule has 24 heavy (non-hydrogen) atoms. The van der Waals surface area contributed by atoms with Crippen LogP contribution in [0.15, 0.2) is 4.99 Å². The fourth-order valence-electron chi connectivity index (χ4n) is 3.31. The Bertz CT molecular complexity index is 392. The van der Waals surface area contributed by atoms with E-state index in [1.165, 1.54) is 0 Å². The van der Waals surface area contributed by atoms with Crippen molar-refractivity contribution in [2.45, 2.75) is 50.7 Å². The summed E-state index contributed by atoms with van der Waals surface area (Å²) in [6.45, 7) is 9.24. The fourth-order valence-corrected chi connectivity index (χ4v) is 3.31. The average Bonchev–Trinajstić information content (AvgIpc) is 2.98. The maximum absolute atomic E-state index is 5.85. The highest BCUT2D eigenvalue weighted by Crippen LogP contribution is 2.26. The van der Waals surface area contributed by atoms with Crippen LogP contribution in [-0.2, 0) is 9.47 Å². The SMILES string of the molecule is CCNC(=NCC1(N(C)C)CCOCC1)NCC1(C)CCCO1.I. The van der Waals surface area contributed by atoms with Gasteiger partial charge in [0.25, 0.3) is 0 Å². The van der Waals surface area contributed by atoms with Gasteiger partial charge >= 0.3 is 0 Å². The zero-order chi connectivity index (χ0) is 16.8. The normalized spacial score (nSPS) is 27.0. The second-order valence-electron chi connectivity index (χ2n) is 7.18. The van der Waals surface area contributed by atoms with Gasteiger partial charge in [0.15, 0.2) is 5.96 Å². The minimum atomic E-state index is -0.0614. The molecule has 0 radical (unpaired) electrons. The lowest BCUT2D eigenvalue weighted by Crippen LogP contribution is -2.52. The van der Waals surface area contributed by atoms with Gasteiger partial charge in [-0.25, -0.2) is 0 Å². The molecule has 0 aromatic carbocycles. The topological polar surface area (TPSA) is 58.1 Å². The molecule has 0 aliphatic carbocycles. The lowest BCUT2D eigenvalue weighted by atomic mass is 9.89. The highest BCUT2D eigenvalue weighted by molar-refractivity contribution is 14.0. The van der Waals surface area contributed by atoms with Crippen molar-refractivity contribution in [1.82, 2.24) is 15.5 Å². The first-order valence-electron chi connectivity index (χ1n) is 8.91. The number of hydrogen-bond acceptors (Lipinski definition) is 4. The third kappa shape index (κ3) is 6.00. The molecule has 7 heteroatoms. The molecule has 0 aromatic rings. The summed E-state index contributed by atoms with van der Waals surface area (Å²) in [6, 6.07) is 0. The van der Waals surface area contributed by atoms with Crippen molar-refractivity contribution in [2.75, 3.05) is 53.6 Å². The van der Waals surface area contributed by atoms with Crippen LogP contribution in [0.1, 0.15) is 39.5 Å². The van der Waals surface area contributed by atoms with E-state index in [0.29, 0.717) is 0 Å². The maximum Gasteiger partial charge on any atom is 0.191 e. The van der Waals surface area contributed by atoms with Crippen molar-refractivity contribution < 1.29 is 9.47 Å². The maximum atomic E-state index is 5.85. The minimum Gasteiger partial charge on any atom is -0.381 e. The van der Waals surface area contributed by atoms with Gasteiger partial charge < -0.3 is 25.0 Å². The summed E-state index contributed by atoms with van der Waals surface area (Å²) >= 11 is 0. The number of aliphatic imine (C=N–C) groups is 1. The zero-order valence-corrected chi connectivity index (χ0v) is 18.0. The number of nitrogens with one attached hydrogen (secondary N) is 2. The predicted molar refractivity (Wildman–Crippen MR) is 109 cm³/mol. The smallest absolute Gasteiger partial charge is 0.191 e. The molecule has 2 aliphatic heterocycles. The van der Waals surface area contributed by atoms with E-state index in [0.717, 1.165) is 71.1 Å². The number of ether oxygens (including phenoxy) is 2. The van der Waals surface area contributed by atoms with Gasteiger partial charge in [0.05, 0.1) is 12.1 Å². The van der Waals surface area contributed by atoms with Gasteiger partial charge in [0.1, 0.15) is 0 Å². The van der Waals surface area contributed by atoms with Crippen molar-refractivity contribution in [3.05, 3.63) is 0 Å². The van der Waals surface area contributed by atoms with Gasteiger partial charge in [0.2, 0.25) is 0 Å². The number of likely N-dealkylation sites (N-methyl/N-ethyl adjacent to an activating group) is 1. The molecule has 2 fully saturated rings. The summed E-state index contributed by atoms with van der Waals surface area (Å²) in [5.74, 6) is 0.886. The molecule has 0 aromatic heterocycles. The van der Waals surface area contributed by atoms with Gasteiger partial charge in [-0.15, -0.1) is 24.0 Å². The molecule has 142 valence electrons. The number of halogens is 1. The monoisotopic (exact) mass is 454 g/mol. The Kier molecular flexibility index (Phi) is 9.25. The zero-order valence-electron chi connectivity index (χ0n) is 15.7. The Morgan fingerprint density at radius 3 is 2.38 bits per heavy atom. The average molecular weight is 454 g/mol. The van der Waals surface area contributed by atoms with Crippen molar-refractivity contribution in [3.63, 3.8) is 0 Å². The van der Waals surface area contributed by atoms with Crippen LogP contribution < -0.4 is 10.6 Å².